The van der Waals surface area contributed by atoms with Gasteiger partial charge in [-0.05, 0) is 5.56 Å². The van der Waals surface area contributed by atoms with Crippen LogP contribution in [-0.4, -0.2) is 11.5 Å². The van der Waals surface area contributed by atoms with E-state index < -0.39 is 0 Å². The summed E-state index contributed by atoms with van der Waals surface area (Å²) in [5.41, 5.74) is 1.13. The zero-order valence-corrected chi connectivity index (χ0v) is 8.74. The molecule has 0 bridgehead atoms. The van der Waals surface area contributed by atoms with Crippen molar-refractivity contribution < 1.29 is 9.53 Å². The number of carbonyl (C=O) groups excluding carboxylic acids is 1. The van der Waals surface area contributed by atoms with E-state index >= 15 is 0 Å². The molecule has 0 N–H and O–H groups in total. The van der Waals surface area contributed by atoms with Crippen molar-refractivity contribution in [3.63, 3.8) is 0 Å². The first-order valence-electron chi connectivity index (χ1n) is 4.45. The van der Waals surface area contributed by atoms with Crippen LogP contribution < -0.4 is 0 Å². The first kappa shape index (κ1) is 9.86. The van der Waals surface area contributed by atoms with Gasteiger partial charge in [0, 0.05) is 6.20 Å². The third-order valence-electron chi connectivity index (χ3n) is 1.89. The lowest BCUT2D eigenvalue weighted by molar-refractivity contribution is -0.129. The molecule has 0 atom stereocenters. The van der Waals surface area contributed by atoms with Crippen molar-refractivity contribution in [3.05, 3.63) is 41.5 Å². The smallest absolute Gasteiger partial charge is 0.293 e. The predicted molar refractivity (Wildman–Crippen MR) is 58.4 cm³/mol. The third kappa shape index (κ3) is 2.41. The van der Waals surface area contributed by atoms with Gasteiger partial charge in [-0.2, -0.15) is 0 Å². The van der Waals surface area contributed by atoms with Gasteiger partial charge in [-0.1, -0.05) is 30.3 Å². The summed E-state index contributed by atoms with van der Waals surface area (Å²) < 4.78 is 4.64. The standard InChI is InChI=1S/C11H9NO2S/c13-8-14-7-11-12-6-10(15-11)9-4-2-1-3-5-9/h1-6,8H,7H2. The lowest BCUT2D eigenvalue weighted by Crippen LogP contribution is -1.87. The van der Waals surface area contributed by atoms with Crippen LogP contribution in [0.4, 0.5) is 0 Å². The van der Waals surface area contributed by atoms with E-state index in [1.807, 2.05) is 30.3 Å². The fourth-order valence-corrected chi connectivity index (χ4v) is 2.06. The van der Waals surface area contributed by atoms with E-state index in [9.17, 15) is 4.79 Å². The van der Waals surface area contributed by atoms with Crippen LogP contribution in [0.3, 0.4) is 0 Å². The Labute approximate surface area is 91.4 Å². The molecular weight excluding hydrogens is 210 g/mol. The molecule has 0 aliphatic carbocycles. The van der Waals surface area contributed by atoms with E-state index in [4.69, 9.17) is 0 Å². The molecule has 0 aliphatic rings. The number of aromatic nitrogens is 1. The molecule has 0 saturated heterocycles. The highest BCUT2D eigenvalue weighted by Gasteiger charge is 2.03. The van der Waals surface area contributed by atoms with Crippen LogP contribution in [0.15, 0.2) is 36.5 Å². The average molecular weight is 219 g/mol. The number of nitrogens with zero attached hydrogens (tertiary/aromatic N) is 1. The number of hydrogen-bond acceptors (Lipinski definition) is 4. The van der Waals surface area contributed by atoms with Gasteiger partial charge in [0.25, 0.3) is 6.47 Å². The van der Waals surface area contributed by atoms with Crippen molar-refractivity contribution in [2.24, 2.45) is 0 Å². The highest BCUT2D eigenvalue weighted by Crippen LogP contribution is 2.25. The maximum absolute atomic E-state index is 10.0. The summed E-state index contributed by atoms with van der Waals surface area (Å²) in [6.07, 6.45) is 1.80. The molecule has 2 aromatic rings. The van der Waals surface area contributed by atoms with Crippen LogP contribution in [0, 0.1) is 0 Å². The molecule has 0 amide bonds. The van der Waals surface area contributed by atoms with Crippen LogP contribution in [0.2, 0.25) is 0 Å². The number of thiazole rings is 1. The van der Waals surface area contributed by atoms with E-state index in [2.05, 4.69) is 9.72 Å². The van der Waals surface area contributed by atoms with Crippen LogP contribution in [0.25, 0.3) is 10.4 Å². The Morgan fingerprint density at radius 2 is 2.13 bits per heavy atom. The van der Waals surface area contributed by atoms with Gasteiger partial charge in [0.2, 0.25) is 0 Å². The van der Waals surface area contributed by atoms with Gasteiger partial charge in [-0.15, -0.1) is 11.3 Å². The number of carbonyl (C=O) groups is 1. The number of benzene rings is 1. The second-order valence-corrected chi connectivity index (χ2v) is 4.01. The Morgan fingerprint density at radius 1 is 1.33 bits per heavy atom. The molecule has 0 unspecified atom stereocenters. The predicted octanol–water partition coefficient (Wildman–Crippen LogP) is 2.48. The first-order chi connectivity index (χ1) is 7.40. The van der Waals surface area contributed by atoms with Crippen LogP contribution in [0.1, 0.15) is 5.01 Å². The van der Waals surface area contributed by atoms with Crippen LogP contribution in [-0.2, 0) is 16.1 Å². The minimum atomic E-state index is 0.251. The van der Waals surface area contributed by atoms with Crippen LogP contribution in [0.5, 0.6) is 0 Å². The van der Waals surface area contributed by atoms with Gasteiger partial charge in [0.15, 0.2) is 0 Å². The van der Waals surface area contributed by atoms with Crippen molar-refractivity contribution in [1.29, 1.82) is 0 Å². The van der Waals surface area contributed by atoms with E-state index in [-0.39, 0.29) is 6.61 Å². The molecule has 1 aromatic heterocycles. The highest BCUT2D eigenvalue weighted by atomic mass is 32.1. The molecule has 3 nitrogen and oxygen atoms in total. The van der Waals surface area contributed by atoms with E-state index in [0.29, 0.717) is 6.47 Å². The Morgan fingerprint density at radius 3 is 2.87 bits per heavy atom. The monoisotopic (exact) mass is 219 g/mol. The maximum atomic E-state index is 10.0. The van der Waals surface area contributed by atoms with Gasteiger partial charge >= 0.3 is 0 Å². The van der Waals surface area contributed by atoms with Crippen molar-refractivity contribution >= 4 is 17.8 Å². The second kappa shape index (κ2) is 4.70. The zero-order chi connectivity index (χ0) is 10.5. The fourth-order valence-electron chi connectivity index (χ4n) is 1.22. The molecule has 2 rings (SSSR count). The Balaban J connectivity index is 2.17. The number of ether oxygens (including phenoxy) is 1. The molecular formula is C11H9NO2S. The quantitative estimate of drug-likeness (QED) is 0.741. The van der Waals surface area contributed by atoms with Crippen molar-refractivity contribution in [3.8, 4) is 10.4 Å². The van der Waals surface area contributed by atoms with Gasteiger partial charge in [-0.3, -0.25) is 4.79 Å². The lowest BCUT2D eigenvalue weighted by atomic mass is 10.2. The topological polar surface area (TPSA) is 39.2 Å². The maximum Gasteiger partial charge on any atom is 0.293 e. The lowest BCUT2D eigenvalue weighted by Gasteiger charge is -1.94. The molecule has 0 fully saturated rings. The zero-order valence-electron chi connectivity index (χ0n) is 7.92. The molecule has 1 aromatic carbocycles. The van der Waals surface area contributed by atoms with Gasteiger partial charge in [0.05, 0.1) is 4.88 Å². The molecule has 0 aliphatic heterocycles. The SMILES string of the molecule is O=COCc1ncc(-c2ccccc2)s1. The van der Waals surface area contributed by atoms with Crippen molar-refractivity contribution in [1.82, 2.24) is 4.98 Å². The first-order valence-corrected chi connectivity index (χ1v) is 5.27. The van der Waals surface area contributed by atoms with Crippen molar-refractivity contribution in [2.45, 2.75) is 6.61 Å². The van der Waals surface area contributed by atoms with E-state index in [1.165, 1.54) is 11.3 Å². The summed E-state index contributed by atoms with van der Waals surface area (Å²) in [6.45, 7) is 0.685. The molecule has 1 heterocycles. The summed E-state index contributed by atoms with van der Waals surface area (Å²) >= 11 is 1.53. The Bertz CT molecular complexity index is 439. The Hall–Kier alpha value is -1.68. The fraction of sp³-hybridized carbons (Fsp3) is 0.0909. The third-order valence-corrected chi connectivity index (χ3v) is 2.91. The number of hydrogen-bond donors (Lipinski definition) is 0. The highest BCUT2D eigenvalue weighted by molar-refractivity contribution is 7.15. The molecule has 15 heavy (non-hydrogen) atoms. The van der Waals surface area contributed by atoms with Gasteiger partial charge in [0.1, 0.15) is 11.6 Å². The number of rotatable bonds is 4. The molecule has 0 spiro atoms. The Kier molecular flexibility index (Phi) is 3.09. The van der Waals surface area contributed by atoms with E-state index in [0.717, 1.165) is 15.4 Å². The van der Waals surface area contributed by atoms with Crippen molar-refractivity contribution in [2.75, 3.05) is 0 Å². The van der Waals surface area contributed by atoms with Crippen LogP contribution >= 0.6 is 11.3 Å². The summed E-state index contributed by atoms with van der Waals surface area (Å²) in [5, 5.41) is 0.806. The summed E-state index contributed by atoms with van der Waals surface area (Å²) in [4.78, 5) is 15.3. The minimum Gasteiger partial charge on any atom is -0.460 e. The molecule has 0 saturated carbocycles. The normalized spacial score (nSPS) is 9.87. The average Bonchev–Trinajstić information content (AvgIpc) is 2.76. The molecule has 0 radical (unpaired) electrons. The summed E-state index contributed by atoms with van der Waals surface area (Å²) in [5.74, 6) is 0. The largest absolute Gasteiger partial charge is 0.460 e. The minimum absolute atomic E-state index is 0.251. The molecule has 76 valence electrons. The van der Waals surface area contributed by atoms with Gasteiger partial charge in [-0.25, -0.2) is 4.98 Å². The summed E-state index contributed by atoms with van der Waals surface area (Å²) in [6, 6.07) is 9.99. The second-order valence-electron chi connectivity index (χ2n) is 2.89. The molecule has 4 heteroatoms. The van der Waals surface area contributed by atoms with Gasteiger partial charge < -0.3 is 4.74 Å². The summed E-state index contributed by atoms with van der Waals surface area (Å²) in [7, 11) is 0. The van der Waals surface area contributed by atoms with E-state index in [1.54, 1.807) is 6.20 Å².